The van der Waals surface area contributed by atoms with Crippen molar-refractivity contribution in [3.05, 3.63) is 24.3 Å². The molecule has 1 rings (SSSR count). The van der Waals surface area contributed by atoms with Crippen LogP contribution in [0.1, 0.15) is 40.0 Å². The van der Waals surface area contributed by atoms with E-state index in [0.717, 1.165) is 25.1 Å². The fourth-order valence-electron chi connectivity index (χ4n) is 1.53. The third-order valence-corrected chi connectivity index (χ3v) is 2.59. The number of benzene rings is 1. The van der Waals surface area contributed by atoms with Crippen LogP contribution >= 0.6 is 0 Å². The monoisotopic (exact) mass is 249 g/mol. The van der Waals surface area contributed by atoms with E-state index in [1.807, 2.05) is 31.2 Å². The van der Waals surface area contributed by atoms with Gasteiger partial charge in [-0.05, 0) is 43.0 Å². The average Bonchev–Trinajstić information content (AvgIpc) is 2.31. The van der Waals surface area contributed by atoms with Gasteiger partial charge in [0.2, 0.25) is 0 Å². The lowest BCUT2D eigenvalue weighted by atomic mass is 10.1. The van der Waals surface area contributed by atoms with Crippen molar-refractivity contribution in [3.63, 3.8) is 0 Å². The highest BCUT2D eigenvalue weighted by molar-refractivity contribution is 5.72. The third kappa shape index (κ3) is 5.71. The zero-order valence-corrected chi connectivity index (χ0v) is 11.5. The number of esters is 1. The van der Waals surface area contributed by atoms with E-state index in [9.17, 15) is 4.79 Å². The van der Waals surface area contributed by atoms with E-state index in [1.54, 1.807) is 0 Å². The number of hydrogen-bond donors (Lipinski definition) is 1. The second kappa shape index (κ2) is 7.75. The van der Waals surface area contributed by atoms with Gasteiger partial charge in [0.15, 0.2) is 0 Å². The lowest BCUT2D eigenvalue weighted by molar-refractivity contribution is -0.134. The van der Waals surface area contributed by atoms with Gasteiger partial charge in [0.05, 0.1) is 0 Å². The molecule has 0 aliphatic heterocycles. The van der Waals surface area contributed by atoms with E-state index < -0.39 is 0 Å². The summed E-state index contributed by atoms with van der Waals surface area (Å²) >= 11 is 0. The van der Waals surface area contributed by atoms with Crippen molar-refractivity contribution in [1.82, 2.24) is 0 Å². The van der Waals surface area contributed by atoms with Gasteiger partial charge in [-0.15, -0.1) is 0 Å². The van der Waals surface area contributed by atoms with Crippen LogP contribution in [0.4, 0.5) is 5.69 Å². The lowest BCUT2D eigenvalue weighted by Gasteiger charge is -2.09. The van der Waals surface area contributed by atoms with Crippen LogP contribution in [0, 0.1) is 5.92 Å². The molecule has 0 heterocycles. The molecule has 3 heteroatoms. The summed E-state index contributed by atoms with van der Waals surface area (Å²) in [7, 11) is 0. The van der Waals surface area contributed by atoms with Crippen LogP contribution in [0.25, 0.3) is 0 Å². The number of nitrogens with one attached hydrogen (secondary N) is 1. The van der Waals surface area contributed by atoms with Crippen LogP contribution in [0.5, 0.6) is 5.75 Å². The number of carbonyl (C=O) groups excluding carboxylic acids is 1. The SMILES string of the molecule is CCCC(=O)Oc1ccc(NCCC(C)C)cc1. The minimum atomic E-state index is -0.169. The summed E-state index contributed by atoms with van der Waals surface area (Å²) in [5.74, 6) is 1.15. The first kappa shape index (κ1) is 14.6. The van der Waals surface area contributed by atoms with Gasteiger partial charge < -0.3 is 10.1 Å². The molecule has 0 atom stereocenters. The highest BCUT2D eigenvalue weighted by atomic mass is 16.5. The topological polar surface area (TPSA) is 38.3 Å². The van der Waals surface area contributed by atoms with Crippen molar-refractivity contribution in [1.29, 1.82) is 0 Å². The van der Waals surface area contributed by atoms with Crippen LogP contribution < -0.4 is 10.1 Å². The normalized spacial score (nSPS) is 10.4. The number of ether oxygens (including phenoxy) is 1. The predicted molar refractivity (Wildman–Crippen MR) is 74.9 cm³/mol. The summed E-state index contributed by atoms with van der Waals surface area (Å²) in [6.45, 7) is 7.34. The number of rotatable bonds is 7. The molecule has 0 bridgehead atoms. The van der Waals surface area contributed by atoms with Crippen LogP contribution in [-0.4, -0.2) is 12.5 Å². The number of hydrogen-bond acceptors (Lipinski definition) is 3. The van der Waals surface area contributed by atoms with Crippen molar-refractivity contribution in [2.24, 2.45) is 5.92 Å². The Bertz CT molecular complexity index is 357. The summed E-state index contributed by atoms with van der Waals surface area (Å²) < 4.78 is 5.19. The molecular formula is C15H23NO2. The van der Waals surface area contributed by atoms with Gasteiger partial charge in [0, 0.05) is 18.7 Å². The van der Waals surface area contributed by atoms with Gasteiger partial charge in [-0.25, -0.2) is 0 Å². The molecule has 0 fully saturated rings. The van der Waals surface area contributed by atoms with Gasteiger partial charge >= 0.3 is 5.97 Å². The summed E-state index contributed by atoms with van der Waals surface area (Å²) in [5, 5.41) is 3.34. The molecule has 0 amide bonds. The zero-order valence-electron chi connectivity index (χ0n) is 11.5. The largest absolute Gasteiger partial charge is 0.427 e. The molecule has 1 aromatic carbocycles. The molecule has 1 aromatic rings. The maximum absolute atomic E-state index is 11.3. The van der Waals surface area contributed by atoms with E-state index in [2.05, 4.69) is 19.2 Å². The first-order valence-electron chi connectivity index (χ1n) is 6.66. The standard InChI is InChI=1S/C15H23NO2/c1-4-5-15(17)18-14-8-6-13(7-9-14)16-11-10-12(2)3/h6-9,12,16H,4-5,10-11H2,1-3H3. The first-order valence-corrected chi connectivity index (χ1v) is 6.66. The maximum Gasteiger partial charge on any atom is 0.311 e. The van der Waals surface area contributed by atoms with Crippen molar-refractivity contribution in [3.8, 4) is 5.75 Å². The van der Waals surface area contributed by atoms with Gasteiger partial charge in [-0.3, -0.25) is 4.79 Å². The fraction of sp³-hybridized carbons (Fsp3) is 0.533. The summed E-state index contributed by atoms with van der Waals surface area (Å²) in [5.41, 5.74) is 1.06. The summed E-state index contributed by atoms with van der Waals surface area (Å²) in [6, 6.07) is 7.53. The first-order chi connectivity index (χ1) is 8.61. The molecule has 0 spiro atoms. The van der Waals surface area contributed by atoms with E-state index >= 15 is 0 Å². The molecule has 18 heavy (non-hydrogen) atoms. The Morgan fingerprint density at radius 3 is 2.50 bits per heavy atom. The summed E-state index contributed by atoms with van der Waals surface area (Å²) in [6.07, 6.45) is 2.43. The lowest BCUT2D eigenvalue weighted by Crippen LogP contribution is -2.07. The maximum atomic E-state index is 11.3. The van der Waals surface area contributed by atoms with Gasteiger partial charge in [-0.1, -0.05) is 20.8 Å². The highest BCUT2D eigenvalue weighted by Gasteiger charge is 2.03. The van der Waals surface area contributed by atoms with E-state index in [0.29, 0.717) is 18.1 Å². The van der Waals surface area contributed by atoms with Crippen LogP contribution in [0.3, 0.4) is 0 Å². The Hall–Kier alpha value is -1.51. The van der Waals surface area contributed by atoms with Crippen LogP contribution in [-0.2, 0) is 4.79 Å². The Morgan fingerprint density at radius 1 is 1.28 bits per heavy atom. The minimum Gasteiger partial charge on any atom is -0.427 e. The predicted octanol–water partition coefficient (Wildman–Crippen LogP) is 3.85. The molecule has 0 aromatic heterocycles. The van der Waals surface area contributed by atoms with Crippen molar-refractivity contribution in [2.45, 2.75) is 40.0 Å². The van der Waals surface area contributed by atoms with E-state index in [-0.39, 0.29) is 5.97 Å². The van der Waals surface area contributed by atoms with Crippen molar-refractivity contribution >= 4 is 11.7 Å². The molecule has 100 valence electrons. The Kier molecular flexibility index (Phi) is 6.26. The molecule has 0 aliphatic carbocycles. The third-order valence-electron chi connectivity index (χ3n) is 2.59. The molecular weight excluding hydrogens is 226 g/mol. The van der Waals surface area contributed by atoms with Crippen molar-refractivity contribution in [2.75, 3.05) is 11.9 Å². The van der Waals surface area contributed by atoms with Crippen LogP contribution in [0.15, 0.2) is 24.3 Å². The fourth-order valence-corrected chi connectivity index (χ4v) is 1.53. The Morgan fingerprint density at radius 2 is 1.94 bits per heavy atom. The Labute approximate surface area is 110 Å². The molecule has 0 radical (unpaired) electrons. The molecule has 3 nitrogen and oxygen atoms in total. The highest BCUT2D eigenvalue weighted by Crippen LogP contribution is 2.16. The van der Waals surface area contributed by atoms with Crippen LogP contribution in [0.2, 0.25) is 0 Å². The van der Waals surface area contributed by atoms with Gasteiger partial charge in [-0.2, -0.15) is 0 Å². The Balaban J connectivity index is 2.40. The number of carbonyl (C=O) groups is 1. The van der Waals surface area contributed by atoms with Crippen molar-refractivity contribution < 1.29 is 9.53 Å². The average molecular weight is 249 g/mol. The molecule has 0 saturated carbocycles. The molecule has 0 saturated heterocycles. The zero-order chi connectivity index (χ0) is 13.4. The smallest absolute Gasteiger partial charge is 0.311 e. The number of anilines is 1. The molecule has 1 N–H and O–H groups in total. The summed E-state index contributed by atoms with van der Waals surface area (Å²) in [4.78, 5) is 11.3. The second-order valence-electron chi connectivity index (χ2n) is 4.86. The van der Waals surface area contributed by atoms with Gasteiger partial charge in [0.25, 0.3) is 0 Å². The second-order valence-corrected chi connectivity index (χ2v) is 4.86. The minimum absolute atomic E-state index is 0.169. The molecule has 0 aliphatic rings. The van der Waals surface area contributed by atoms with E-state index in [1.165, 1.54) is 0 Å². The molecule has 0 unspecified atom stereocenters. The van der Waals surface area contributed by atoms with E-state index in [4.69, 9.17) is 4.74 Å². The van der Waals surface area contributed by atoms with Gasteiger partial charge in [0.1, 0.15) is 5.75 Å². The quantitative estimate of drug-likeness (QED) is 0.589.